The van der Waals surface area contributed by atoms with Gasteiger partial charge in [0.05, 0.1) is 5.56 Å². The Morgan fingerprint density at radius 1 is 1.31 bits per heavy atom. The van der Waals surface area contributed by atoms with Crippen LogP contribution in [0.2, 0.25) is 0 Å². The van der Waals surface area contributed by atoms with Crippen LogP contribution in [0.1, 0.15) is 71.1 Å². The maximum absolute atomic E-state index is 12.2. The first-order valence-corrected chi connectivity index (χ1v) is 10.2. The van der Waals surface area contributed by atoms with Crippen LogP contribution in [-0.4, -0.2) is 11.1 Å². The number of aromatic carboxylic acids is 1. The minimum absolute atomic E-state index is 0.153. The molecule has 0 fully saturated rings. The number of carboxylic acids is 1. The molecule has 1 unspecified atom stereocenters. The lowest BCUT2D eigenvalue weighted by Gasteiger charge is -2.29. The Kier molecular flexibility index (Phi) is 4.41. The second-order valence-corrected chi connectivity index (χ2v) is 9.44. The summed E-state index contributed by atoms with van der Waals surface area (Å²) in [5.41, 5.74) is 8.27. The standard InChI is InChI=1S/C21H26N2O2S/c1-21(2)10-9-17-15(11-21)18(20(24)25)19(26-17)14-7-3-6-13-12(14)5-4-8-16(13)23-22/h3,6-7,16,23H,4-5,8-11,22H2,1-2H3,(H,24,25). The van der Waals surface area contributed by atoms with Crippen molar-refractivity contribution in [3.63, 3.8) is 0 Å². The largest absolute Gasteiger partial charge is 0.478 e. The van der Waals surface area contributed by atoms with Gasteiger partial charge in [-0.2, -0.15) is 0 Å². The molecule has 1 aromatic carbocycles. The van der Waals surface area contributed by atoms with E-state index in [1.165, 1.54) is 16.0 Å². The van der Waals surface area contributed by atoms with Crippen molar-refractivity contribution in [3.8, 4) is 10.4 Å². The molecule has 0 saturated heterocycles. The van der Waals surface area contributed by atoms with Gasteiger partial charge >= 0.3 is 5.97 Å². The molecule has 0 bridgehead atoms. The van der Waals surface area contributed by atoms with Gasteiger partial charge in [0, 0.05) is 15.8 Å². The summed E-state index contributed by atoms with van der Waals surface area (Å²) in [5.74, 6) is 4.96. The van der Waals surface area contributed by atoms with Crippen LogP contribution in [-0.2, 0) is 19.3 Å². The van der Waals surface area contributed by atoms with E-state index >= 15 is 0 Å². The molecule has 4 N–H and O–H groups in total. The summed E-state index contributed by atoms with van der Waals surface area (Å²) in [6.45, 7) is 4.47. The number of nitrogens with two attached hydrogens (primary N) is 1. The fraction of sp³-hybridized carbons (Fsp3) is 0.476. The van der Waals surface area contributed by atoms with Gasteiger partial charge in [0.25, 0.3) is 0 Å². The molecule has 0 amide bonds. The first-order chi connectivity index (χ1) is 12.4. The van der Waals surface area contributed by atoms with Crippen LogP contribution >= 0.6 is 11.3 Å². The second-order valence-electron chi connectivity index (χ2n) is 8.34. The molecule has 0 spiro atoms. The van der Waals surface area contributed by atoms with E-state index in [-0.39, 0.29) is 11.5 Å². The number of hydrogen-bond donors (Lipinski definition) is 3. The first-order valence-electron chi connectivity index (χ1n) is 9.37. The zero-order chi connectivity index (χ0) is 18.5. The van der Waals surface area contributed by atoms with E-state index in [1.807, 2.05) is 6.07 Å². The predicted octanol–water partition coefficient (Wildman–Crippen LogP) is 4.47. The average Bonchev–Trinajstić information content (AvgIpc) is 2.97. The number of thiophene rings is 1. The molecule has 0 aliphatic heterocycles. The van der Waals surface area contributed by atoms with E-state index in [0.717, 1.165) is 54.5 Å². The molecular weight excluding hydrogens is 344 g/mol. The van der Waals surface area contributed by atoms with E-state index < -0.39 is 5.97 Å². The quantitative estimate of drug-likeness (QED) is 0.550. The lowest BCUT2D eigenvalue weighted by molar-refractivity contribution is 0.0696. The third-order valence-electron chi connectivity index (χ3n) is 5.94. The molecule has 4 rings (SSSR count). The summed E-state index contributed by atoms with van der Waals surface area (Å²) in [6.07, 6.45) is 6.02. The second kappa shape index (κ2) is 6.48. The van der Waals surface area contributed by atoms with Crippen molar-refractivity contribution in [2.75, 3.05) is 0 Å². The number of hydrogen-bond acceptors (Lipinski definition) is 4. The number of benzene rings is 1. The van der Waals surface area contributed by atoms with Crippen molar-refractivity contribution in [1.29, 1.82) is 0 Å². The molecular formula is C21H26N2O2S. The monoisotopic (exact) mass is 370 g/mol. The normalized spacial score (nSPS) is 21.1. The molecule has 0 radical (unpaired) electrons. The Morgan fingerprint density at radius 2 is 2.12 bits per heavy atom. The van der Waals surface area contributed by atoms with Crippen LogP contribution < -0.4 is 11.3 Å². The Hall–Kier alpha value is -1.69. The number of nitrogens with one attached hydrogen (secondary N) is 1. The molecule has 0 saturated carbocycles. The molecule has 2 aliphatic rings. The van der Waals surface area contributed by atoms with Crippen molar-refractivity contribution in [2.45, 2.75) is 58.4 Å². The highest BCUT2D eigenvalue weighted by Crippen LogP contribution is 2.47. The van der Waals surface area contributed by atoms with Gasteiger partial charge in [0.2, 0.25) is 0 Å². The van der Waals surface area contributed by atoms with Gasteiger partial charge in [0.15, 0.2) is 0 Å². The van der Waals surface area contributed by atoms with E-state index in [2.05, 4.69) is 31.4 Å². The smallest absolute Gasteiger partial charge is 0.337 e. The van der Waals surface area contributed by atoms with Crippen LogP contribution in [0.3, 0.4) is 0 Å². The number of fused-ring (bicyclic) bond motifs is 2. The molecule has 2 aromatic rings. The zero-order valence-electron chi connectivity index (χ0n) is 15.4. The third-order valence-corrected chi connectivity index (χ3v) is 7.27. The van der Waals surface area contributed by atoms with Gasteiger partial charge in [-0.05, 0) is 66.2 Å². The SMILES string of the molecule is CC1(C)CCc2sc(-c3cccc4c3CCCC4NN)c(C(=O)O)c2C1. The molecule has 1 aromatic heterocycles. The Bertz CT molecular complexity index is 869. The van der Waals surface area contributed by atoms with Crippen molar-refractivity contribution in [2.24, 2.45) is 11.3 Å². The molecule has 1 heterocycles. The Balaban J connectivity index is 1.90. The lowest BCUT2D eigenvalue weighted by atomic mass is 9.75. The summed E-state index contributed by atoms with van der Waals surface area (Å²) >= 11 is 1.69. The van der Waals surface area contributed by atoms with Crippen molar-refractivity contribution < 1.29 is 9.90 Å². The fourth-order valence-corrected chi connectivity index (χ4v) is 5.93. The number of carbonyl (C=O) groups is 1. The van der Waals surface area contributed by atoms with Gasteiger partial charge < -0.3 is 5.11 Å². The van der Waals surface area contributed by atoms with Gasteiger partial charge in [-0.15, -0.1) is 11.3 Å². The lowest BCUT2D eigenvalue weighted by Crippen LogP contribution is -2.30. The molecule has 138 valence electrons. The molecule has 4 nitrogen and oxygen atoms in total. The van der Waals surface area contributed by atoms with E-state index in [1.54, 1.807) is 11.3 Å². The van der Waals surface area contributed by atoms with Gasteiger partial charge in [-0.3, -0.25) is 11.3 Å². The van der Waals surface area contributed by atoms with Crippen LogP contribution in [0.4, 0.5) is 0 Å². The predicted molar refractivity (Wildman–Crippen MR) is 106 cm³/mol. The molecule has 2 aliphatic carbocycles. The maximum Gasteiger partial charge on any atom is 0.337 e. The maximum atomic E-state index is 12.2. The average molecular weight is 371 g/mol. The summed E-state index contributed by atoms with van der Waals surface area (Å²) in [5, 5.41) is 10.0. The first kappa shape index (κ1) is 17.7. The fourth-order valence-electron chi connectivity index (χ4n) is 4.57. The Labute approximate surface area is 158 Å². The number of aryl methyl sites for hydroxylation is 1. The summed E-state index contributed by atoms with van der Waals surface area (Å²) in [7, 11) is 0. The zero-order valence-corrected chi connectivity index (χ0v) is 16.2. The van der Waals surface area contributed by atoms with E-state index in [0.29, 0.717) is 5.56 Å². The minimum atomic E-state index is -0.794. The molecule has 1 atom stereocenters. The van der Waals surface area contributed by atoms with Crippen molar-refractivity contribution in [1.82, 2.24) is 5.43 Å². The van der Waals surface area contributed by atoms with E-state index in [4.69, 9.17) is 5.84 Å². The highest BCUT2D eigenvalue weighted by atomic mass is 32.1. The van der Waals surface area contributed by atoms with Crippen molar-refractivity contribution >= 4 is 17.3 Å². The highest BCUT2D eigenvalue weighted by molar-refractivity contribution is 7.16. The van der Waals surface area contributed by atoms with Crippen LogP contribution in [0.15, 0.2) is 18.2 Å². The summed E-state index contributed by atoms with van der Waals surface area (Å²) in [6, 6.07) is 6.41. The van der Waals surface area contributed by atoms with Gasteiger partial charge in [0.1, 0.15) is 0 Å². The topological polar surface area (TPSA) is 75.3 Å². The van der Waals surface area contributed by atoms with Crippen LogP contribution in [0, 0.1) is 5.41 Å². The minimum Gasteiger partial charge on any atom is -0.478 e. The number of rotatable bonds is 3. The Morgan fingerprint density at radius 3 is 2.85 bits per heavy atom. The van der Waals surface area contributed by atoms with Gasteiger partial charge in [-0.1, -0.05) is 32.0 Å². The third kappa shape index (κ3) is 2.88. The highest BCUT2D eigenvalue weighted by Gasteiger charge is 2.34. The number of hydrazine groups is 1. The van der Waals surface area contributed by atoms with Crippen molar-refractivity contribution in [3.05, 3.63) is 45.3 Å². The number of carboxylic acid groups (broad SMARTS) is 1. The van der Waals surface area contributed by atoms with Crippen LogP contribution in [0.5, 0.6) is 0 Å². The molecule has 5 heteroatoms. The van der Waals surface area contributed by atoms with Crippen LogP contribution in [0.25, 0.3) is 10.4 Å². The van der Waals surface area contributed by atoms with E-state index in [9.17, 15) is 9.90 Å². The van der Waals surface area contributed by atoms with Gasteiger partial charge in [-0.25, -0.2) is 4.79 Å². The summed E-state index contributed by atoms with van der Waals surface area (Å²) < 4.78 is 0. The summed E-state index contributed by atoms with van der Waals surface area (Å²) in [4.78, 5) is 14.4. The molecule has 26 heavy (non-hydrogen) atoms.